The van der Waals surface area contributed by atoms with Gasteiger partial charge in [0.05, 0.1) is 13.2 Å². The maximum absolute atomic E-state index is 5.73. The van der Waals surface area contributed by atoms with Gasteiger partial charge in [0, 0.05) is 0 Å². The zero-order valence-electron chi connectivity index (χ0n) is 19.6. The van der Waals surface area contributed by atoms with E-state index in [-0.39, 0.29) is 0 Å². The largest absolute Gasteiger partial charge is 0.494 e. The van der Waals surface area contributed by atoms with E-state index in [2.05, 4.69) is 62.4 Å². The van der Waals surface area contributed by atoms with Crippen LogP contribution >= 0.6 is 0 Å². The summed E-state index contributed by atoms with van der Waals surface area (Å²) in [7, 11) is 0. The molecule has 0 aromatic heterocycles. The second kappa shape index (κ2) is 6.78. The standard InChI is InChI=1S/C30H36O2/c1-3-31-21-9-5-19(6-10-21)29-13-23-26-16-30(20-7-11-22(12-8-20)32-4-2)17-27(23)25(15-29)28(18-30)24(26)14-29/h5-12,23-28H,3-4,13-18H2,1-2H3. The van der Waals surface area contributed by atoms with Gasteiger partial charge in [0.25, 0.3) is 0 Å². The number of rotatable bonds is 6. The molecule has 168 valence electrons. The van der Waals surface area contributed by atoms with Crippen LogP contribution in [0.2, 0.25) is 0 Å². The molecule has 7 fully saturated rings. The fraction of sp³-hybridized carbons (Fsp3) is 0.600. The first-order chi connectivity index (χ1) is 15.6. The summed E-state index contributed by atoms with van der Waals surface area (Å²) < 4.78 is 11.5. The predicted molar refractivity (Wildman–Crippen MR) is 127 cm³/mol. The monoisotopic (exact) mass is 428 g/mol. The van der Waals surface area contributed by atoms with Crippen LogP contribution in [0.4, 0.5) is 0 Å². The minimum Gasteiger partial charge on any atom is -0.494 e. The van der Waals surface area contributed by atoms with Crippen molar-refractivity contribution in [1.82, 2.24) is 0 Å². The number of benzene rings is 2. The second-order valence-corrected chi connectivity index (χ2v) is 11.7. The summed E-state index contributed by atoms with van der Waals surface area (Å²) in [5, 5.41) is 0. The van der Waals surface area contributed by atoms with E-state index >= 15 is 0 Å². The van der Waals surface area contributed by atoms with Gasteiger partial charge in [-0.3, -0.25) is 0 Å². The van der Waals surface area contributed by atoms with Gasteiger partial charge in [0.2, 0.25) is 0 Å². The van der Waals surface area contributed by atoms with Crippen molar-refractivity contribution in [2.75, 3.05) is 13.2 Å². The first-order valence-corrected chi connectivity index (χ1v) is 13.1. The van der Waals surface area contributed by atoms with Gasteiger partial charge in [-0.2, -0.15) is 0 Å². The molecule has 0 N–H and O–H groups in total. The molecular formula is C30H36O2. The lowest BCUT2D eigenvalue weighted by atomic mass is 9.29. The summed E-state index contributed by atoms with van der Waals surface area (Å²) >= 11 is 0. The molecule has 0 aliphatic heterocycles. The molecule has 0 unspecified atom stereocenters. The van der Waals surface area contributed by atoms with E-state index in [0.29, 0.717) is 10.8 Å². The van der Waals surface area contributed by atoms with Crippen LogP contribution in [0.5, 0.6) is 11.5 Å². The molecule has 2 nitrogen and oxygen atoms in total. The first kappa shape index (κ1) is 19.5. The van der Waals surface area contributed by atoms with Gasteiger partial charge < -0.3 is 9.47 Å². The Morgan fingerprint density at radius 2 is 0.812 bits per heavy atom. The molecule has 9 rings (SSSR count). The van der Waals surface area contributed by atoms with Crippen molar-refractivity contribution in [2.24, 2.45) is 35.5 Å². The summed E-state index contributed by atoms with van der Waals surface area (Å²) in [5.41, 5.74) is 4.11. The van der Waals surface area contributed by atoms with Crippen LogP contribution in [-0.4, -0.2) is 13.2 Å². The zero-order chi connectivity index (χ0) is 21.5. The summed E-state index contributed by atoms with van der Waals surface area (Å²) in [5.74, 6) is 7.84. The van der Waals surface area contributed by atoms with Crippen molar-refractivity contribution in [3.05, 3.63) is 59.7 Å². The van der Waals surface area contributed by atoms with E-state index in [1.165, 1.54) is 38.5 Å². The molecule has 0 heterocycles. The molecule has 7 saturated carbocycles. The SMILES string of the molecule is CCOc1ccc(C23CC4C5CC6(c7ccc(OCC)cc7)CC4C(C2)C(C6)C5C3)cc1. The van der Waals surface area contributed by atoms with Crippen LogP contribution in [0.1, 0.15) is 63.5 Å². The van der Waals surface area contributed by atoms with Crippen LogP contribution in [0.25, 0.3) is 0 Å². The lowest BCUT2D eigenvalue weighted by Crippen LogP contribution is -2.69. The predicted octanol–water partition coefficient (Wildman–Crippen LogP) is 6.77. The molecule has 2 aromatic rings. The molecule has 7 aliphatic carbocycles. The van der Waals surface area contributed by atoms with Crippen LogP contribution in [0.15, 0.2) is 48.5 Å². The highest BCUT2D eigenvalue weighted by Gasteiger charge is 2.70. The van der Waals surface area contributed by atoms with Crippen molar-refractivity contribution >= 4 is 0 Å². The molecule has 2 aromatic carbocycles. The Bertz CT molecular complexity index is 858. The number of ether oxygens (including phenoxy) is 2. The maximum atomic E-state index is 5.73. The molecule has 8 bridgehead atoms. The summed E-state index contributed by atoms with van der Waals surface area (Å²) in [4.78, 5) is 0. The molecule has 2 heteroatoms. The highest BCUT2D eigenvalue weighted by atomic mass is 16.5. The Balaban J connectivity index is 1.19. The van der Waals surface area contributed by atoms with Gasteiger partial charge in [-0.25, -0.2) is 0 Å². The summed E-state index contributed by atoms with van der Waals surface area (Å²) in [6.07, 6.45) is 8.64. The minimum atomic E-state index is 0.449. The first-order valence-electron chi connectivity index (χ1n) is 13.1. The summed E-state index contributed by atoms with van der Waals surface area (Å²) in [6, 6.07) is 18.5. The Kier molecular flexibility index (Phi) is 4.13. The maximum Gasteiger partial charge on any atom is 0.119 e. The fourth-order valence-corrected chi connectivity index (χ4v) is 9.78. The van der Waals surface area contributed by atoms with E-state index in [1.807, 2.05) is 0 Å². The minimum absolute atomic E-state index is 0.449. The average molecular weight is 429 g/mol. The quantitative estimate of drug-likeness (QED) is 0.506. The lowest BCUT2D eigenvalue weighted by molar-refractivity contribution is -0.221. The number of hydrogen-bond donors (Lipinski definition) is 0. The van der Waals surface area contributed by atoms with Gasteiger partial charge in [-0.15, -0.1) is 0 Å². The van der Waals surface area contributed by atoms with Crippen molar-refractivity contribution in [2.45, 2.75) is 63.2 Å². The van der Waals surface area contributed by atoms with Crippen molar-refractivity contribution in [1.29, 1.82) is 0 Å². The Morgan fingerprint density at radius 3 is 1.06 bits per heavy atom. The third kappa shape index (κ3) is 2.53. The Morgan fingerprint density at radius 1 is 0.531 bits per heavy atom. The van der Waals surface area contributed by atoms with Crippen molar-refractivity contribution in [3.63, 3.8) is 0 Å². The van der Waals surface area contributed by atoms with E-state index in [0.717, 1.165) is 60.2 Å². The van der Waals surface area contributed by atoms with Gasteiger partial charge in [-0.1, -0.05) is 24.3 Å². The van der Waals surface area contributed by atoms with Crippen molar-refractivity contribution < 1.29 is 9.47 Å². The molecule has 0 saturated heterocycles. The highest BCUT2D eigenvalue weighted by molar-refractivity contribution is 5.40. The molecule has 32 heavy (non-hydrogen) atoms. The van der Waals surface area contributed by atoms with Crippen molar-refractivity contribution in [3.8, 4) is 11.5 Å². The Labute approximate surface area is 192 Å². The normalized spacial score (nSPS) is 42.4. The zero-order valence-corrected chi connectivity index (χ0v) is 19.6. The molecule has 0 amide bonds. The van der Waals surface area contributed by atoms with Gasteiger partial charge >= 0.3 is 0 Å². The van der Waals surface area contributed by atoms with Gasteiger partial charge in [-0.05, 0) is 134 Å². The van der Waals surface area contributed by atoms with Gasteiger partial charge in [0.1, 0.15) is 11.5 Å². The van der Waals surface area contributed by atoms with Crippen LogP contribution in [0, 0.1) is 35.5 Å². The molecule has 0 atom stereocenters. The van der Waals surface area contributed by atoms with Crippen LogP contribution in [0.3, 0.4) is 0 Å². The second-order valence-electron chi connectivity index (χ2n) is 11.7. The molecule has 0 radical (unpaired) electrons. The molecular weight excluding hydrogens is 392 g/mol. The third-order valence-electron chi connectivity index (χ3n) is 10.6. The summed E-state index contributed by atoms with van der Waals surface area (Å²) in [6.45, 7) is 5.63. The van der Waals surface area contributed by atoms with E-state index in [1.54, 1.807) is 11.1 Å². The molecule has 0 spiro atoms. The van der Waals surface area contributed by atoms with E-state index in [9.17, 15) is 0 Å². The van der Waals surface area contributed by atoms with Crippen LogP contribution < -0.4 is 9.47 Å². The third-order valence-corrected chi connectivity index (χ3v) is 10.6. The van der Waals surface area contributed by atoms with Crippen LogP contribution in [-0.2, 0) is 10.8 Å². The smallest absolute Gasteiger partial charge is 0.119 e. The van der Waals surface area contributed by atoms with E-state index in [4.69, 9.17) is 9.47 Å². The Hall–Kier alpha value is -1.96. The topological polar surface area (TPSA) is 18.5 Å². The highest BCUT2D eigenvalue weighted by Crippen LogP contribution is 2.77. The van der Waals surface area contributed by atoms with E-state index < -0.39 is 0 Å². The molecule has 7 aliphatic rings. The number of hydrogen-bond acceptors (Lipinski definition) is 2. The average Bonchev–Trinajstić information content (AvgIpc) is 2.83. The van der Waals surface area contributed by atoms with Gasteiger partial charge in [0.15, 0.2) is 0 Å². The fourth-order valence-electron chi connectivity index (χ4n) is 9.78. The lowest BCUT2D eigenvalue weighted by Gasteiger charge is -2.75.